The number of ketones is 5. The normalized spacial score (nSPS) is 35.7. The third kappa shape index (κ3) is 3.13. The molecule has 4 rings (SSSR count). The van der Waals surface area contributed by atoms with Gasteiger partial charge < -0.3 is 10.2 Å². The van der Waals surface area contributed by atoms with Crippen molar-refractivity contribution in [2.24, 2.45) is 34.5 Å². The van der Waals surface area contributed by atoms with E-state index in [4.69, 9.17) is 6.42 Å². The van der Waals surface area contributed by atoms with Gasteiger partial charge in [-0.15, -0.1) is 12.3 Å². The van der Waals surface area contributed by atoms with Crippen LogP contribution in [0.5, 0.6) is 5.75 Å². The van der Waals surface area contributed by atoms with E-state index in [9.17, 15) is 34.2 Å². The summed E-state index contributed by atoms with van der Waals surface area (Å²) in [4.78, 5) is 67.5. The summed E-state index contributed by atoms with van der Waals surface area (Å²) in [6, 6.07) is 3.11. The Kier molecular flexibility index (Phi) is 5.92. The summed E-state index contributed by atoms with van der Waals surface area (Å²) in [6.07, 6.45) is 6.61. The maximum atomic E-state index is 14.1. The van der Waals surface area contributed by atoms with Crippen LogP contribution in [0.1, 0.15) is 68.9 Å². The number of fused-ring (bicyclic) bond motifs is 3. The number of hydrogen-bond donors (Lipinski definition) is 2. The van der Waals surface area contributed by atoms with Gasteiger partial charge in [0, 0.05) is 17.8 Å². The van der Waals surface area contributed by atoms with Crippen LogP contribution in [0.4, 0.5) is 0 Å². The van der Waals surface area contributed by atoms with Crippen molar-refractivity contribution in [1.82, 2.24) is 0 Å². The lowest BCUT2D eigenvalue weighted by Crippen LogP contribution is -2.76. The minimum atomic E-state index is -2.68. The van der Waals surface area contributed by atoms with Crippen LogP contribution in [-0.4, -0.2) is 44.7 Å². The Bertz CT molecular complexity index is 1270. The van der Waals surface area contributed by atoms with Crippen LogP contribution < -0.4 is 0 Å². The molecule has 2 fully saturated rings. The quantitative estimate of drug-likeness (QED) is 0.489. The fourth-order valence-corrected chi connectivity index (χ4v) is 7.64. The Morgan fingerprint density at radius 1 is 1.17 bits per heavy atom. The van der Waals surface area contributed by atoms with Gasteiger partial charge in [-0.05, 0) is 54.7 Å². The molecule has 7 nitrogen and oxygen atoms in total. The summed E-state index contributed by atoms with van der Waals surface area (Å²) in [5, 5.41) is 22.6. The van der Waals surface area contributed by atoms with Crippen molar-refractivity contribution in [2.75, 3.05) is 0 Å². The fraction of sp³-hybridized carbons (Fsp3) is 0.552. The summed E-state index contributed by atoms with van der Waals surface area (Å²) in [5.74, 6) is -6.29. The molecule has 0 radical (unpaired) electrons. The van der Waals surface area contributed by atoms with Crippen LogP contribution in [0.25, 0.3) is 0 Å². The van der Waals surface area contributed by atoms with Gasteiger partial charge in [0.15, 0.2) is 28.7 Å². The maximum Gasteiger partial charge on any atom is 0.190 e. The lowest BCUT2D eigenvalue weighted by atomic mass is 9.40. The molecule has 190 valence electrons. The van der Waals surface area contributed by atoms with Gasteiger partial charge in [-0.2, -0.15) is 0 Å². The minimum Gasteiger partial charge on any atom is -0.507 e. The summed E-state index contributed by atoms with van der Waals surface area (Å²) in [7, 11) is 0. The van der Waals surface area contributed by atoms with E-state index in [-0.39, 0.29) is 30.1 Å². The Morgan fingerprint density at radius 3 is 2.36 bits per heavy atom. The molecule has 2 saturated carbocycles. The average molecular weight is 493 g/mol. The second-order valence-corrected chi connectivity index (χ2v) is 11.6. The highest BCUT2D eigenvalue weighted by atomic mass is 16.3. The zero-order chi connectivity index (χ0) is 27.0. The molecule has 0 heterocycles. The van der Waals surface area contributed by atoms with E-state index in [1.165, 1.54) is 6.07 Å². The largest absolute Gasteiger partial charge is 0.507 e. The van der Waals surface area contributed by atoms with E-state index in [0.29, 0.717) is 18.4 Å². The summed E-state index contributed by atoms with van der Waals surface area (Å²) < 4.78 is 0. The number of carbonyl (C=O) groups excluding carboxylic acids is 5. The Labute approximate surface area is 210 Å². The first-order valence-corrected chi connectivity index (χ1v) is 12.3. The van der Waals surface area contributed by atoms with E-state index in [0.717, 1.165) is 12.5 Å². The van der Waals surface area contributed by atoms with Crippen molar-refractivity contribution < 1.29 is 34.2 Å². The first kappa shape index (κ1) is 26.0. The van der Waals surface area contributed by atoms with Crippen molar-refractivity contribution in [3.63, 3.8) is 0 Å². The van der Waals surface area contributed by atoms with E-state index in [1.54, 1.807) is 33.8 Å². The van der Waals surface area contributed by atoms with E-state index < -0.39 is 63.1 Å². The van der Waals surface area contributed by atoms with Gasteiger partial charge in [-0.1, -0.05) is 33.8 Å². The number of aryl methyl sites for hydroxylation is 1. The van der Waals surface area contributed by atoms with Crippen molar-refractivity contribution >= 4 is 28.9 Å². The molecular formula is C29H32O7. The zero-order valence-corrected chi connectivity index (χ0v) is 21.3. The smallest absolute Gasteiger partial charge is 0.190 e. The molecule has 0 bridgehead atoms. The van der Waals surface area contributed by atoms with E-state index >= 15 is 0 Å². The van der Waals surface area contributed by atoms with Crippen molar-refractivity contribution in [3.05, 3.63) is 28.8 Å². The lowest BCUT2D eigenvalue weighted by Gasteiger charge is -2.61. The highest BCUT2D eigenvalue weighted by Gasteiger charge is 2.76. The predicted molar refractivity (Wildman–Crippen MR) is 130 cm³/mol. The van der Waals surface area contributed by atoms with Gasteiger partial charge >= 0.3 is 0 Å². The Morgan fingerprint density at radius 2 is 1.81 bits per heavy atom. The number of hydrogen-bond acceptors (Lipinski definition) is 7. The number of Topliss-reactive ketones (excluding diaryl/α,β-unsaturated/α-hetero) is 5. The Balaban J connectivity index is 1.96. The summed E-state index contributed by atoms with van der Waals surface area (Å²) in [5.41, 5.74) is -3.82. The van der Waals surface area contributed by atoms with Gasteiger partial charge in [0.25, 0.3) is 0 Å². The molecule has 0 aromatic heterocycles. The van der Waals surface area contributed by atoms with Crippen molar-refractivity contribution in [2.45, 2.75) is 65.9 Å². The van der Waals surface area contributed by atoms with Crippen LogP contribution in [0, 0.1) is 46.8 Å². The molecule has 36 heavy (non-hydrogen) atoms. The SMILES string of the molecule is C#CCCc1ccc(O)c2c1C[C@]1(C)C[C@]3(C)C(C(C)C)C(=O)C(C(C)=O)C(=O)[C@]3(O)C(=O)C1C2=O. The van der Waals surface area contributed by atoms with Crippen LogP contribution in [0.15, 0.2) is 12.1 Å². The molecule has 1 aromatic rings. The second kappa shape index (κ2) is 8.21. The highest BCUT2D eigenvalue weighted by Crippen LogP contribution is 2.63. The van der Waals surface area contributed by atoms with E-state index in [2.05, 4.69) is 5.92 Å². The van der Waals surface area contributed by atoms with Gasteiger partial charge in [0.1, 0.15) is 17.5 Å². The van der Waals surface area contributed by atoms with Crippen LogP contribution in [0.2, 0.25) is 0 Å². The first-order chi connectivity index (χ1) is 16.7. The highest BCUT2D eigenvalue weighted by molar-refractivity contribution is 6.32. The third-order valence-electron chi connectivity index (χ3n) is 8.90. The molecule has 7 heteroatoms. The lowest BCUT2D eigenvalue weighted by molar-refractivity contribution is -0.205. The van der Waals surface area contributed by atoms with E-state index in [1.807, 2.05) is 0 Å². The number of benzene rings is 1. The molecule has 0 spiro atoms. The molecule has 2 N–H and O–H groups in total. The molecule has 3 aliphatic rings. The zero-order valence-electron chi connectivity index (χ0n) is 21.3. The van der Waals surface area contributed by atoms with Crippen LogP contribution in [-0.2, 0) is 32.0 Å². The molecule has 0 saturated heterocycles. The molecule has 0 aliphatic heterocycles. The van der Waals surface area contributed by atoms with Crippen LogP contribution in [0.3, 0.4) is 0 Å². The molecule has 0 amide bonds. The number of carbonyl (C=O) groups is 5. The standard InChI is InChI=1S/C29H32O7/c1-7-8-9-16-10-11-18(31)20-17(16)12-27(5)13-28(6)21(14(2)3)23(32)19(15(4)30)25(34)29(28,36)26(35)22(27)24(20)33/h1,10-11,14,19,21-22,31,36H,8-9,12-13H2,2-6H3/t19?,21?,22?,27-,28-,29+/m1/s1. The molecule has 3 unspecified atom stereocenters. The average Bonchev–Trinajstić information content (AvgIpc) is 2.75. The summed E-state index contributed by atoms with van der Waals surface area (Å²) >= 11 is 0. The van der Waals surface area contributed by atoms with Crippen molar-refractivity contribution in [1.29, 1.82) is 0 Å². The number of phenols is 1. The Hall–Kier alpha value is -3.11. The first-order valence-electron chi connectivity index (χ1n) is 12.3. The van der Waals surface area contributed by atoms with Crippen LogP contribution >= 0.6 is 0 Å². The number of phenolic OH excluding ortho intramolecular Hbond substituents is 1. The second-order valence-electron chi connectivity index (χ2n) is 11.6. The minimum absolute atomic E-state index is 0.00964. The third-order valence-corrected chi connectivity index (χ3v) is 8.90. The molecule has 6 atom stereocenters. The number of aliphatic hydroxyl groups is 1. The topological polar surface area (TPSA) is 126 Å². The number of terminal acetylenes is 1. The van der Waals surface area contributed by atoms with Gasteiger partial charge in [0.2, 0.25) is 0 Å². The van der Waals surface area contributed by atoms with Crippen molar-refractivity contribution in [3.8, 4) is 18.1 Å². The fourth-order valence-electron chi connectivity index (χ4n) is 7.64. The summed E-state index contributed by atoms with van der Waals surface area (Å²) in [6.45, 7) is 7.94. The molecular weight excluding hydrogens is 460 g/mol. The number of rotatable bonds is 4. The van der Waals surface area contributed by atoms with Gasteiger partial charge in [-0.3, -0.25) is 24.0 Å². The molecule has 1 aromatic carbocycles. The predicted octanol–water partition coefficient (Wildman–Crippen LogP) is 2.66. The van der Waals surface area contributed by atoms with Gasteiger partial charge in [-0.25, -0.2) is 0 Å². The monoisotopic (exact) mass is 492 g/mol. The maximum absolute atomic E-state index is 14.1. The molecule has 3 aliphatic carbocycles. The van der Waals surface area contributed by atoms with Gasteiger partial charge in [0.05, 0.1) is 11.5 Å². The number of aromatic hydroxyl groups is 1.